The minimum Gasteiger partial charge on any atom is -0.493 e. The number of hydrogen-bond donors (Lipinski definition) is 1. The highest BCUT2D eigenvalue weighted by atomic mass is 79.9. The van der Waals surface area contributed by atoms with Gasteiger partial charge in [0.1, 0.15) is 12.4 Å². The Morgan fingerprint density at radius 3 is 2.79 bits per heavy atom. The van der Waals surface area contributed by atoms with Crippen molar-refractivity contribution in [3.05, 3.63) is 39.8 Å². The molecule has 0 bridgehead atoms. The first kappa shape index (κ1) is 20.2. The van der Waals surface area contributed by atoms with Gasteiger partial charge in [-0.1, -0.05) is 13.3 Å². The van der Waals surface area contributed by atoms with E-state index >= 15 is 0 Å². The third-order valence-corrected chi connectivity index (χ3v) is 5.11. The number of rotatable bonds is 7. The topological polar surface area (TPSA) is 87.5 Å². The summed E-state index contributed by atoms with van der Waals surface area (Å²) in [4.78, 5) is 17.1. The van der Waals surface area contributed by atoms with Crippen LogP contribution in [0.4, 0.5) is 5.95 Å². The van der Waals surface area contributed by atoms with Gasteiger partial charge in [-0.3, -0.25) is 0 Å². The van der Waals surface area contributed by atoms with Crippen molar-refractivity contribution in [3.8, 4) is 11.5 Å². The molecule has 8 nitrogen and oxygen atoms in total. The van der Waals surface area contributed by atoms with Gasteiger partial charge in [-0.2, -0.15) is 10.1 Å². The molecule has 2 aromatic rings. The van der Waals surface area contributed by atoms with Crippen molar-refractivity contribution in [1.29, 1.82) is 0 Å². The molecule has 1 aromatic carbocycles. The van der Waals surface area contributed by atoms with Crippen molar-refractivity contribution >= 4 is 27.8 Å². The summed E-state index contributed by atoms with van der Waals surface area (Å²) >= 11 is 3.52. The molecule has 3 rings (SSSR count). The van der Waals surface area contributed by atoms with E-state index in [1.54, 1.807) is 18.9 Å². The van der Waals surface area contributed by atoms with Crippen LogP contribution in [0.5, 0.6) is 11.5 Å². The minimum absolute atomic E-state index is 0.374. The van der Waals surface area contributed by atoms with Crippen molar-refractivity contribution in [1.82, 2.24) is 14.8 Å². The summed E-state index contributed by atoms with van der Waals surface area (Å²) in [6.45, 7) is 4.25. The van der Waals surface area contributed by atoms with Crippen molar-refractivity contribution in [3.63, 3.8) is 0 Å². The van der Waals surface area contributed by atoms with Crippen LogP contribution in [0, 0.1) is 0 Å². The molecule has 0 unspecified atom stereocenters. The summed E-state index contributed by atoms with van der Waals surface area (Å²) in [6, 6.07) is 3.21. The summed E-state index contributed by atoms with van der Waals surface area (Å²) in [5.41, 5.74) is 1.95. The lowest BCUT2D eigenvalue weighted by atomic mass is 9.95. The van der Waals surface area contributed by atoms with Crippen LogP contribution in [0.15, 0.2) is 34.2 Å². The Balaban J connectivity index is 2.10. The predicted octanol–water partition coefficient (Wildman–Crippen LogP) is 3.69. The van der Waals surface area contributed by atoms with Gasteiger partial charge in [0, 0.05) is 5.70 Å². The molecule has 0 saturated heterocycles. The van der Waals surface area contributed by atoms with E-state index in [9.17, 15) is 4.79 Å². The second kappa shape index (κ2) is 8.64. The second-order valence-corrected chi connectivity index (χ2v) is 7.18. The third kappa shape index (κ3) is 3.71. The van der Waals surface area contributed by atoms with E-state index in [-0.39, 0.29) is 5.97 Å². The molecule has 150 valence electrons. The van der Waals surface area contributed by atoms with Crippen molar-refractivity contribution in [2.24, 2.45) is 0 Å². The van der Waals surface area contributed by atoms with Crippen LogP contribution in [0.25, 0.3) is 0 Å². The molecule has 2 heterocycles. The molecule has 0 spiro atoms. The number of methoxy groups -OCH3 is 2. The molecule has 1 aliphatic rings. The zero-order valence-corrected chi connectivity index (χ0v) is 17.9. The number of nitrogens with zero attached hydrogens (tertiary/aromatic N) is 3. The Labute approximate surface area is 172 Å². The number of fused-ring (bicyclic) bond motifs is 1. The van der Waals surface area contributed by atoms with Crippen LogP contribution in [0.2, 0.25) is 0 Å². The summed E-state index contributed by atoms with van der Waals surface area (Å²) < 4.78 is 18.7. The van der Waals surface area contributed by atoms with Gasteiger partial charge in [0.2, 0.25) is 5.95 Å². The zero-order chi connectivity index (χ0) is 20.3. The number of hydrogen-bond acceptors (Lipinski definition) is 7. The average Bonchev–Trinajstić information content (AvgIpc) is 3.14. The number of allylic oxidation sites excluding steroid dienone is 1. The number of halogens is 1. The van der Waals surface area contributed by atoms with Gasteiger partial charge in [-0.15, -0.1) is 0 Å². The first-order valence-electron chi connectivity index (χ1n) is 8.97. The monoisotopic (exact) mass is 450 g/mol. The van der Waals surface area contributed by atoms with Crippen molar-refractivity contribution < 1.29 is 19.0 Å². The van der Waals surface area contributed by atoms with E-state index in [1.165, 1.54) is 6.33 Å². The zero-order valence-electron chi connectivity index (χ0n) is 16.3. The highest BCUT2D eigenvalue weighted by Gasteiger charge is 2.35. The van der Waals surface area contributed by atoms with Gasteiger partial charge >= 0.3 is 5.97 Å². The molecule has 1 atom stereocenters. The molecule has 1 aliphatic heterocycles. The van der Waals surface area contributed by atoms with Crippen molar-refractivity contribution in [2.75, 3.05) is 26.1 Å². The smallest absolute Gasteiger partial charge is 0.338 e. The molecule has 0 radical (unpaired) electrons. The number of aromatic nitrogens is 3. The van der Waals surface area contributed by atoms with Crippen LogP contribution in [0.1, 0.15) is 38.3 Å². The maximum atomic E-state index is 12.9. The lowest BCUT2D eigenvalue weighted by Gasteiger charge is -2.28. The summed E-state index contributed by atoms with van der Waals surface area (Å²) in [7, 11) is 3.14. The summed E-state index contributed by atoms with van der Waals surface area (Å²) in [6.07, 6.45) is 3.21. The summed E-state index contributed by atoms with van der Waals surface area (Å²) in [5, 5.41) is 7.45. The quantitative estimate of drug-likeness (QED) is 0.508. The Morgan fingerprint density at radius 2 is 2.11 bits per heavy atom. The molecule has 28 heavy (non-hydrogen) atoms. The van der Waals surface area contributed by atoms with E-state index in [0.29, 0.717) is 39.8 Å². The number of unbranched alkanes of at least 4 members (excludes halogenated alkanes) is 1. The number of benzene rings is 1. The van der Waals surface area contributed by atoms with E-state index in [0.717, 1.165) is 18.4 Å². The number of esters is 1. The summed E-state index contributed by atoms with van der Waals surface area (Å²) in [5.74, 6) is 1.30. The molecule has 0 fully saturated rings. The Bertz CT molecular complexity index is 909. The van der Waals surface area contributed by atoms with Gasteiger partial charge in [0.05, 0.1) is 30.9 Å². The number of ether oxygens (including phenoxy) is 3. The van der Waals surface area contributed by atoms with Gasteiger partial charge in [0.15, 0.2) is 11.5 Å². The highest BCUT2D eigenvalue weighted by Crippen LogP contribution is 2.42. The molecular weight excluding hydrogens is 428 g/mol. The van der Waals surface area contributed by atoms with Crippen LogP contribution in [-0.4, -0.2) is 41.6 Å². The number of carbonyl (C=O) groups excluding carboxylic acids is 1. The average molecular weight is 451 g/mol. The lowest BCUT2D eigenvalue weighted by Crippen LogP contribution is -2.30. The van der Waals surface area contributed by atoms with E-state index in [4.69, 9.17) is 14.2 Å². The van der Waals surface area contributed by atoms with Gasteiger partial charge < -0.3 is 19.5 Å². The number of anilines is 1. The first-order valence-corrected chi connectivity index (χ1v) is 9.76. The van der Waals surface area contributed by atoms with Gasteiger partial charge in [-0.05, 0) is 47.0 Å². The van der Waals surface area contributed by atoms with Gasteiger partial charge in [-0.25, -0.2) is 9.48 Å². The highest BCUT2D eigenvalue weighted by molar-refractivity contribution is 9.10. The maximum Gasteiger partial charge on any atom is 0.338 e. The van der Waals surface area contributed by atoms with Crippen LogP contribution in [-0.2, 0) is 9.53 Å². The van der Waals surface area contributed by atoms with Crippen LogP contribution < -0.4 is 14.8 Å². The SMILES string of the molecule is CCCCOC(=O)C1=C(C)Nc2ncnn2[C@@H]1c1cc(Br)c(OC)c(OC)c1. The molecule has 1 aromatic heterocycles. The fourth-order valence-corrected chi connectivity index (χ4v) is 3.77. The van der Waals surface area contributed by atoms with Gasteiger partial charge in [0.25, 0.3) is 0 Å². The Kier molecular flexibility index (Phi) is 6.23. The van der Waals surface area contributed by atoms with Crippen LogP contribution >= 0.6 is 15.9 Å². The van der Waals surface area contributed by atoms with E-state index in [1.807, 2.05) is 26.0 Å². The maximum absolute atomic E-state index is 12.9. The fourth-order valence-electron chi connectivity index (χ4n) is 3.15. The largest absolute Gasteiger partial charge is 0.493 e. The van der Waals surface area contributed by atoms with E-state index in [2.05, 4.69) is 31.3 Å². The normalized spacial score (nSPS) is 15.7. The Morgan fingerprint density at radius 1 is 1.32 bits per heavy atom. The number of nitrogens with one attached hydrogen (secondary N) is 1. The second-order valence-electron chi connectivity index (χ2n) is 6.32. The molecule has 0 saturated carbocycles. The standard InChI is InChI=1S/C19H23BrN4O4/c1-5-6-7-28-18(25)15-11(2)23-19-21-10-22-24(19)16(15)12-8-13(20)17(27-4)14(9-12)26-3/h8-10,16H,5-7H2,1-4H3,(H,21,22,23)/t16-/m1/s1. The number of carbonyl (C=O) groups is 1. The molecule has 1 N–H and O–H groups in total. The minimum atomic E-state index is -0.510. The lowest BCUT2D eigenvalue weighted by molar-refractivity contribution is -0.139. The molecule has 9 heteroatoms. The van der Waals surface area contributed by atoms with Crippen molar-refractivity contribution in [2.45, 2.75) is 32.7 Å². The fraction of sp³-hybridized carbons (Fsp3) is 0.421. The molecule has 0 aliphatic carbocycles. The van der Waals surface area contributed by atoms with E-state index < -0.39 is 6.04 Å². The Hall–Kier alpha value is -2.55. The molecular formula is C19H23BrN4O4. The first-order chi connectivity index (χ1) is 13.5. The third-order valence-electron chi connectivity index (χ3n) is 4.52. The van der Waals surface area contributed by atoms with Crippen LogP contribution in [0.3, 0.4) is 0 Å². The predicted molar refractivity (Wildman–Crippen MR) is 108 cm³/mol. The molecule has 0 amide bonds.